The summed E-state index contributed by atoms with van der Waals surface area (Å²) in [5, 5.41) is 5.20. The summed E-state index contributed by atoms with van der Waals surface area (Å²) in [6.07, 6.45) is 10.9. The highest BCUT2D eigenvalue weighted by Gasteiger charge is 2.32. The second kappa shape index (κ2) is 9.79. The van der Waals surface area contributed by atoms with Gasteiger partial charge in [0.25, 0.3) is 0 Å². The molecular formula is C40H26N2S. The van der Waals surface area contributed by atoms with Crippen molar-refractivity contribution in [1.82, 2.24) is 9.97 Å². The molecule has 2 unspecified atom stereocenters. The molecule has 1 aromatic heterocycles. The van der Waals surface area contributed by atoms with Gasteiger partial charge in [-0.3, -0.25) is 4.98 Å². The molecule has 0 saturated carbocycles. The van der Waals surface area contributed by atoms with Crippen LogP contribution in [0.15, 0.2) is 151 Å². The Morgan fingerprint density at radius 1 is 0.512 bits per heavy atom. The number of aromatic nitrogens is 2. The van der Waals surface area contributed by atoms with E-state index in [2.05, 4.69) is 140 Å². The van der Waals surface area contributed by atoms with Gasteiger partial charge in [0.2, 0.25) is 0 Å². The zero-order valence-electron chi connectivity index (χ0n) is 23.3. The average molecular weight is 567 g/mol. The summed E-state index contributed by atoms with van der Waals surface area (Å²) in [5.74, 6) is 0.480. The molecule has 0 spiro atoms. The molecule has 0 radical (unpaired) electrons. The molecule has 2 aliphatic rings. The third kappa shape index (κ3) is 3.96. The summed E-state index contributed by atoms with van der Waals surface area (Å²) in [7, 11) is 0. The zero-order chi connectivity index (χ0) is 28.3. The van der Waals surface area contributed by atoms with E-state index in [1.807, 2.05) is 18.0 Å². The number of hydrogen-bond donors (Lipinski definition) is 0. The maximum Gasteiger partial charge on any atom is 0.0979 e. The SMILES string of the molecule is C1=CC2Sc3c(-c4ccc(-c5ccc(-c6cnc7c8ccccc8c8ccccc8c7n6)cc5)cc4)cccc3C2C=C1. The van der Waals surface area contributed by atoms with Gasteiger partial charge >= 0.3 is 0 Å². The number of rotatable bonds is 3. The van der Waals surface area contributed by atoms with Gasteiger partial charge < -0.3 is 0 Å². The van der Waals surface area contributed by atoms with E-state index >= 15 is 0 Å². The molecular weight excluding hydrogens is 541 g/mol. The fourth-order valence-electron chi connectivity index (χ4n) is 6.73. The average Bonchev–Trinajstić information content (AvgIpc) is 3.47. The van der Waals surface area contributed by atoms with E-state index in [0.717, 1.165) is 33.1 Å². The first-order valence-corrected chi connectivity index (χ1v) is 15.6. The summed E-state index contributed by atoms with van der Waals surface area (Å²) in [6, 6.07) is 41.4. The monoisotopic (exact) mass is 566 g/mol. The number of thioether (sulfide) groups is 1. The number of benzene rings is 6. The third-order valence-electron chi connectivity index (χ3n) is 8.88. The Bertz CT molecular complexity index is 2230. The summed E-state index contributed by atoms with van der Waals surface area (Å²) in [5.41, 5.74) is 10.3. The van der Waals surface area contributed by atoms with E-state index in [4.69, 9.17) is 9.97 Å². The van der Waals surface area contributed by atoms with Crippen LogP contribution in [0, 0.1) is 0 Å². The number of nitrogens with zero attached hydrogens (tertiary/aromatic N) is 2. The first-order valence-electron chi connectivity index (χ1n) is 14.7. The van der Waals surface area contributed by atoms with Gasteiger partial charge in [-0.25, -0.2) is 4.98 Å². The van der Waals surface area contributed by atoms with Gasteiger partial charge in [0.15, 0.2) is 0 Å². The van der Waals surface area contributed by atoms with Gasteiger partial charge in [-0.1, -0.05) is 140 Å². The van der Waals surface area contributed by atoms with Crippen molar-refractivity contribution in [3.8, 4) is 33.5 Å². The lowest BCUT2D eigenvalue weighted by Gasteiger charge is -2.14. The Hall–Kier alpha value is -4.99. The van der Waals surface area contributed by atoms with Crippen LogP contribution in [0.2, 0.25) is 0 Å². The van der Waals surface area contributed by atoms with Crippen LogP contribution in [-0.4, -0.2) is 15.2 Å². The highest BCUT2D eigenvalue weighted by Crippen LogP contribution is 2.51. The molecule has 6 aromatic carbocycles. The maximum absolute atomic E-state index is 5.15. The van der Waals surface area contributed by atoms with Crippen LogP contribution < -0.4 is 0 Å². The van der Waals surface area contributed by atoms with Crippen molar-refractivity contribution in [2.45, 2.75) is 16.1 Å². The number of hydrogen-bond acceptors (Lipinski definition) is 3. The molecule has 1 aliphatic carbocycles. The van der Waals surface area contributed by atoms with E-state index in [1.54, 1.807) is 0 Å². The zero-order valence-corrected chi connectivity index (χ0v) is 24.1. The van der Waals surface area contributed by atoms with Crippen molar-refractivity contribution in [2.75, 3.05) is 0 Å². The summed E-state index contributed by atoms with van der Waals surface area (Å²) in [6.45, 7) is 0. The van der Waals surface area contributed by atoms with Gasteiger partial charge in [-0.15, -0.1) is 11.8 Å². The molecule has 0 saturated heterocycles. The Balaban J connectivity index is 1.04. The molecule has 7 aromatic rings. The fourth-order valence-corrected chi connectivity index (χ4v) is 8.21. The van der Waals surface area contributed by atoms with Crippen LogP contribution in [0.1, 0.15) is 11.5 Å². The quantitative estimate of drug-likeness (QED) is 0.199. The van der Waals surface area contributed by atoms with E-state index in [1.165, 1.54) is 43.5 Å². The van der Waals surface area contributed by atoms with Crippen molar-refractivity contribution in [2.24, 2.45) is 0 Å². The largest absolute Gasteiger partial charge is 0.252 e. The first kappa shape index (κ1) is 24.6. The minimum atomic E-state index is 0.480. The minimum absolute atomic E-state index is 0.480. The lowest BCUT2D eigenvalue weighted by Crippen LogP contribution is -2.06. The highest BCUT2D eigenvalue weighted by molar-refractivity contribution is 8.00. The van der Waals surface area contributed by atoms with Crippen molar-refractivity contribution < 1.29 is 0 Å². The van der Waals surface area contributed by atoms with Gasteiger partial charge in [-0.2, -0.15) is 0 Å². The number of fused-ring (bicyclic) bond motifs is 9. The molecule has 2 nitrogen and oxygen atoms in total. The Morgan fingerprint density at radius 3 is 1.84 bits per heavy atom. The smallest absolute Gasteiger partial charge is 0.0979 e. The third-order valence-corrected chi connectivity index (χ3v) is 10.3. The first-order chi connectivity index (χ1) is 21.3. The minimum Gasteiger partial charge on any atom is -0.252 e. The molecule has 0 bridgehead atoms. The fraction of sp³-hybridized carbons (Fsp3) is 0.0500. The molecule has 1 aliphatic heterocycles. The van der Waals surface area contributed by atoms with Crippen LogP contribution in [0.3, 0.4) is 0 Å². The van der Waals surface area contributed by atoms with E-state index in [-0.39, 0.29) is 0 Å². The highest BCUT2D eigenvalue weighted by atomic mass is 32.2. The molecule has 0 N–H and O–H groups in total. The maximum atomic E-state index is 5.15. The molecule has 2 atom stereocenters. The van der Waals surface area contributed by atoms with E-state index in [0.29, 0.717) is 11.2 Å². The van der Waals surface area contributed by atoms with Crippen molar-refractivity contribution >= 4 is 44.3 Å². The summed E-state index contributed by atoms with van der Waals surface area (Å²) < 4.78 is 0. The van der Waals surface area contributed by atoms with Gasteiger partial charge in [0, 0.05) is 32.4 Å². The van der Waals surface area contributed by atoms with Crippen molar-refractivity contribution in [1.29, 1.82) is 0 Å². The van der Waals surface area contributed by atoms with Crippen LogP contribution >= 0.6 is 11.8 Å². The van der Waals surface area contributed by atoms with E-state index in [9.17, 15) is 0 Å². The Labute approximate surface area is 254 Å². The molecule has 0 amide bonds. The van der Waals surface area contributed by atoms with Crippen molar-refractivity contribution in [3.05, 3.63) is 151 Å². The van der Waals surface area contributed by atoms with Gasteiger partial charge in [-0.05, 0) is 38.6 Å². The van der Waals surface area contributed by atoms with Crippen LogP contribution in [0.25, 0.3) is 66.1 Å². The number of allylic oxidation sites excluding steroid dienone is 3. The summed E-state index contributed by atoms with van der Waals surface area (Å²) in [4.78, 5) is 11.5. The van der Waals surface area contributed by atoms with Crippen molar-refractivity contribution in [3.63, 3.8) is 0 Å². The lowest BCUT2D eigenvalue weighted by molar-refractivity contribution is 0.881. The van der Waals surface area contributed by atoms with Crippen LogP contribution in [0.4, 0.5) is 0 Å². The second-order valence-corrected chi connectivity index (χ2v) is 12.5. The topological polar surface area (TPSA) is 25.8 Å². The predicted molar refractivity (Wildman–Crippen MR) is 182 cm³/mol. The van der Waals surface area contributed by atoms with Gasteiger partial charge in [0.05, 0.1) is 22.9 Å². The Kier molecular flexibility index (Phi) is 5.60. The molecule has 43 heavy (non-hydrogen) atoms. The molecule has 3 heteroatoms. The molecule has 9 rings (SSSR count). The van der Waals surface area contributed by atoms with Gasteiger partial charge in [0.1, 0.15) is 0 Å². The second-order valence-electron chi connectivity index (χ2n) is 11.3. The molecule has 0 fully saturated rings. The van der Waals surface area contributed by atoms with Crippen LogP contribution in [0.5, 0.6) is 0 Å². The standard InChI is InChI=1S/C40H26N2S/c1-3-11-33-30(8-1)31-9-2-4-12-34(31)39-38(33)41-24-36(42-39)28-22-18-26(19-23-28)25-16-20-27(21-17-25)29-13-7-14-35-32-10-5-6-15-37(32)43-40(29)35/h1-24,32,37H. The molecule has 2 heterocycles. The lowest BCUT2D eigenvalue weighted by atomic mass is 9.90. The summed E-state index contributed by atoms with van der Waals surface area (Å²) >= 11 is 1.99. The Morgan fingerprint density at radius 2 is 1.12 bits per heavy atom. The predicted octanol–water partition coefficient (Wildman–Crippen LogP) is 10.6. The normalized spacial score (nSPS) is 17.0. The molecule has 202 valence electrons. The van der Waals surface area contributed by atoms with Crippen LogP contribution in [-0.2, 0) is 0 Å². The van der Waals surface area contributed by atoms with E-state index < -0.39 is 0 Å².